The van der Waals surface area contributed by atoms with Crippen LogP contribution >= 0.6 is 0 Å². The Morgan fingerprint density at radius 2 is 1.83 bits per heavy atom. The molecule has 1 heterocycles. The van der Waals surface area contributed by atoms with Crippen molar-refractivity contribution >= 4 is 22.4 Å². The molecule has 1 aromatic carbocycles. The van der Waals surface area contributed by atoms with Crippen LogP contribution in [0.4, 0.5) is 0 Å². The highest BCUT2D eigenvalue weighted by atomic mass is 28.4. The van der Waals surface area contributed by atoms with Crippen molar-refractivity contribution in [1.29, 1.82) is 0 Å². The van der Waals surface area contributed by atoms with E-state index in [1.165, 1.54) is 12.1 Å². The summed E-state index contributed by atoms with van der Waals surface area (Å²) in [5.41, 5.74) is -0.120. The SMILES string of the molecule is [2H]c1ccccc1C(=O)C1([2H])C([2H])C([2H])([2H])C([2H])[N+]1(O[Si](C)(C)C)O[Si](C)(C)C. The summed E-state index contributed by atoms with van der Waals surface area (Å²) in [5, 5.41) is 0. The van der Waals surface area contributed by atoms with Crippen molar-refractivity contribution in [2.75, 3.05) is 6.52 Å². The molecule has 6 heteroatoms. The van der Waals surface area contributed by atoms with Gasteiger partial charge < -0.3 is 0 Å². The average molecular weight is 359 g/mol. The van der Waals surface area contributed by atoms with E-state index in [9.17, 15) is 4.79 Å². The minimum atomic E-state index is -2.60. The summed E-state index contributed by atoms with van der Waals surface area (Å²) < 4.78 is 63.4. The van der Waals surface area contributed by atoms with E-state index in [1.54, 1.807) is 51.4 Å². The van der Waals surface area contributed by atoms with Crippen molar-refractivity contribution in [3.63, 3.8) is 0 Å². The van der Waals surface area contributed by atoms with E-state index in [0.717, 1.165) is 0 Å². The number of rotatable bonds is 6. The molecule has 0 radical (unpaired) electrons. The van der Waals surface area contributed by atoms with Gasteiger partial charge in [-0.1, -0.05) is 35.1 Å². The third-order valence-electron chi connectivity index (χ3n) is 2.81. The first-order valence-electron chi connectivity index (χ1n) is 10.8. The standard InChI is InChI=1S/C17H30NO3Si2/c1-22(2,3)20-18(21-23(4,5)6)14-10-13-16(18)17(19)15-11-8-7-9-12-15/h7-9,11-12,16H,10,13-14H2,1-6H3/q+1/i10D2,11D,13D,14D,16D. The maximum Gasteiger partial charge on any atom is 0.268 e. The van der Waals surface area contributed by atoms with E-state index in [2.05, 4.69) is 0 Å². The summed E-state index contributed by atoms with van der Waals surface area (Å²) >= 11 is 0. The minimum Gasteiger partial charge on any atom is -0.287 e. The number of hydrogen-bond donors (Lipinski definition) is 0. The molecule has 4 nitrogen and oxygen atoms in total. The number of benzene rings is 1. The van der Waals surface area contributed by atoms with Crippen molar-refractivity contribution in [3.05, 3.63) is 35.9 Å². The third kappa shape index (κ3) is 4.84. The highest BCUT2D eigenvalue weighted by Gasteiger charge is 2.55. The molecule has 1 aliphatic rings. The Labute approximate surface area is 150 Å². The van der Waals surface area contributed by atoms with Crippen LogP contribution in [0, 0.1) is 0 Å². The maximum absolute atomic E-state index is 13.6. The lowest BCUT2D eigenvalue weighted by atomic mass is 10.0. The molecule has 0 spiro atoms. The van der Waals surface area contributed by atoms with Crippen LogP contribution in [0.2, 0.25) is 39.3 Å². The Kier molecular flexibility index (Phi) is 3.36. The number of hydroxylamine groups is 4. The van der Waals surface area contributed by atoms with Gasteiger partial charge in [-0.2, -0.15) is 0 Å². The fourth-order valence-corrected chi connectivity index (χ4v) is 4.32. The molecule has 2 rings (SSSR count). The van der Waals surface area contributed by atoms with Crippen LogP contribution < -0.4 is 0 Å². The van der Waals surface area contributed by atoms with Crippen LogP contribution in [0.15, 0.2) is 30.3 Å². The predicted molar refractivity (Wildman–Crippen MR) is 97.8 cm³/mol. The van der Waals surface area contributed by atoms with Gasteiger partial charge in [0.25, 0.3) is 16.6 Å². The smallest absolute Gasteiger partial charge is 0.268 e. The van der Waals surface area contributed by atoms with Gasteiger partial charge in [0.1, 0.15) is 7.89 Å². The van der Waals surface area contributed by atoms with Crippen LogP contribution in [0.3, 0.4) is 0 Å². The molecule has 0 aliphatic carbocycles. The van der Waals surface area contributed by atoms with Crippen LogP contribution in [0.25, 0.3) is 0 Å². The Morgan fingerprint density at radius 3 is 2.35 bits per heavy atom. The van der Waals surface area contributed by atoms with E-state index >= 15 is 0 Å². The van der Waals surface area contributed by atoms with Gasteiger partial charge in [-0.05, 0) is 39.3 Å². The fraction of sp³-hybridized carbons (Fsp3) is 0.588. The van der Waals surface area contributed by atoms with Gasteiger partial charge in [-0.25, -0.2) is 9.05 Å². The molecular formula is C17H30NO3Si2+. The second kappa shape index (κ2) is 6.60. The molecule has 23 heavy (non-hydrogen) atoms. The van der Waals surface area contributed by atoms with Gasteiger partial charge in [0.2, 0.25) is 11.8 Å². The Hall–Kier alpha value is -0.796. The van der Waals surface area contributed by atoms with E-state index in [0.29, 0.717) is 0 Å². The average Bonchev–Trinajstić information content (AvgIpc) is 2.64. The summed E-state index contributed by atoms with van der Waals surface area (Å²) in [6.45, 7) is 8.94. The molecule has 1 saturated heterocycles. The van der Waals surface area contributed by atoms with Crippen molar-refractivity contribution in [2.45, 2.75) is 58.1 Å². The van der Waals surface area contributed by atoms with Gasteiger partial charge in [0.05, 0.1) is 2.74 Å². The largest absolute Gasteiger partial charge is 0.287 e. The molecular weight excluding hydrogens is 322 g/mol. The molecule has 0 amide bonds. The normalized spacial score (nSPS) is 37.0. The summed E-state index contributed by atoms with van der Waals surface area (Å²) in [7, 11) is -5.19. The van der Waals surface area contributed by atoms with Crippen LogP contribution in [0.5, 0.6) is 0 Å². The Balaban J connectivity index is 2.84. The summed E-state index contributed by atoms with van der Waals surface area (Å²) in [5.74, 6) is -0.946. The zero-order valence-corrected chi connectivity index (χ0v) is 16.6. The highest BCUT2D eigenvalue weighted by molar-refractivity contribution is 6.70. The number of carbonyl (C=O) groups excluding carboxylic acids is 1. The zero-order valence-electron chi connectivity index (χ0n) is 20.6. The quantitative estimate of drug-likeness (QED) is 0.430. The second-order valence-corrected chi connectivity index (χ2v) is 16.2. The minimum absolute atomic E-state index is 0.120. The van der Waals surface area contributed by atoms with Crippen LogP contribution in [-0.2, 0) is 9.05 Å². The lowest BCUT2D eigenvalue weighted by Gasteiger charge is -2.41. The zero-order chi connectivity index (χ0) is 22.6. The third-order valence-corrected chi connectivity index (χ3v) is 4.44. The number of carbonyl (C=O) groups is 1. The monoisotopic (exact) mass is 358 g/mol. The summed E-state index contributed by atoms with van der Waals surface area (Å²) in [6, 6.07) is 3.15. The molecule has 3 atom stereocenters. The summed E-state index contributed by atoms with van der Waals surface area (Å²) in [4.78, 5) is 12.3. The molecule has 0 bridgehead atoms. The fourth-order valence-electron chi connectivity index (χ4n) is 2.24. The first kappa shape index (κ1) is 11.7. The molecule has 0 N–H and O–H groups in total. The maximum atomic E-state index is 13.6. The van der Waals surface area contributed by atoms with Crippen molar-refractivity contribution in [2.24, 2.45) is 0 Å². The highest BCUT2D eigenvalue weighted by Crippen LogP contribution is 2.35. The molecule has 1 aromatic rings. The van der Waals surface area contributed by atoms with E-state index < -0.39 is 52.5 Å². The van der Waals surface area contributed by atoms with Crippen LogP contribution in [0.1, 0.15) is 31.4 Å². The summed E-state index contributed by atoms with van der Waals surface area (Å²) in [6.07, 6.45) is -4.49. The Bertz CT molecular complexity index is 782. The number of Topliss-reactive ketones (excluding diaryl/α,β-unsaturated/α-hetero) is 1. The van der Waals surface area contributed by atoms with Crippen LogP contribution in [-0.4, -0.2) is 39.8 Å². The van der Waals surface area contributed by atoms with Gasteiger partial charge >= 0.3 is 0 Å². The number of ketones is 1. The number of quaternary nitrogens is 1. The molecule has 0 aromatic heterocycles. The van der Waals surface area contributed by atoms with Crippen molar-refractivity contribution in [1.82, 2.24) is 0 Å². The molecule has 1 aliphatic heterocycles. The lowest BCUT2D eigenvalue weighted by Crippen LogP contribution is -2.62. The van der Waals surface area contributed by atoms with E-state index in [-0.39, 0.29) is 11.6 Å². The lowest BCUT2D eigenvalue weighted by molar-refractivity contribution is -1.22. The van der Waals surface area contributed by atoms with Gasteiger partial charge in [0, 0.05) is 22.4 Å². The first-order valence-corrected chi connectivity index (χ1v) is 14.5. The predicted octanol–water partition coefficient (Wildman–Crippen LogP) is 4.38. The van der Waals surface area contributed by atoms with Crippen molar-refractivity contribution in [3.8, 4) is 0 Å². The van der Waals surface area contributed by atoms with Gasteiger partial charge in [-0.3, -0.25) is 4.79 Å². The molecule has 1 fully saturated rings. The van der Waals surface area contributed by atoms with E-state index in [4.69, 9.17) is 17.3 Å². The first-order chi connectivity index (χ1) is 12.9. The molecule has 0 saturated carbocycles. The Morgan fingerprint density at radius 1 is 1.22 bits per heavy atom. The topological polar surface area (TPSA) is 35.5 Å². The number of nitrogens with zero attached hydrogens (tertiary/aromatic N) is 1. The van der Waals surface area contributed by atoms with Gasteiger partial charge in [-0.15, -0.1) is 0 Å². The van der Waals surface area contributed by atoms with Gasteiger partial charge in [0.15, 0.2) is 0 Å². The van der Waals surface area contributed by atoms with E-state index in [1.807, 2.05) is 0 Å². The molecule has 128 valence electrons. The van der Waals surface area contributed by atoms with Crippen molar-refractivity contribution < 1.29 is 26.9 Å². The number of hydrogen-bond acceptors (Lipinski definition) is 3. The second-order valence-electron chi connectivity index (χ2n) is 7.44. The molecule has 3 unspecified atom stereocenters.